The second kappa shape index (κ2) is 6.04. The summed E-state index contributed by atoms with van der Waals surface area (Å²) < 4.78 is 26.9. The highest BCUT2D eigenvalue weighted by molar-refractivity contribution is 7.89. The zero-order chi connectivity index (χ0) is 15.5. The highest BCUT2D eigenvalue weighted by atomic mass is 32.2. The van der Waals surface area contributed by atoms with Gasteiger partial charge < -0.3 is 15.4 Å². The number of piperidine rings is 1. The Labute approximate surface area is 123 Å². The van der Waals surface area contributed by atoms with Crippen LogP contribution in [0.5, 0.6) is 0 Å². The van der Waals surface area contributed by atoms with E-state index < -0.39 is 14.9 Å². The minimum Gasteiger partial charge on any atom is -0.358 e. The lowest BCUT2D eigenvalue weighted by molar-refractivity contribution is -0.389. The molecule has 2 rings (SSSR count). The summed E-state index contributed by atoms with van der Waals surface area (Å²) in [6.45, 7) is 4.13. The first-order chi connectivity index (χ1) is 9.82. The fraction of sp³-hybridized carbons (Fsp3) is 0.583. The van der Waals surface area contributed by atoms with Crippen molar-refractivity contribution in [3.05, 3.63) is 28.4 Å². The molecule has 1 fully saturated rings. The van der Waals surface area contributed by atoms with E-state index in [4.69, 9.17) is 0 Å². The van der Waals surface area contributed by atoms with Gasteiger partial charge in [0.05, 0.1) is 0 Å². The molecule has 0 aliphatic carbocycles. The monoisotopic (exact) mass is 314 g/mol. The fourth-order valence-corrected chi connectivity index (χ4v) is 3.34. The van der Waals surface area contributed by atoms with Crippen molar-refractivity contribution in [1.82, 2.24) is 15.0 Å². The number of pyridine rings is 1. The van der Waals surface area contributed by atoms with Crippen LogP contribution in [0.4, 0.5) is 5.82 Å². The molecule has 0 spiro atoms. The summed E-state index contributed by atoms with van der Waals surface area (Å²) in [4.78, 5) is 13.3. The number of rotatable bonds is 5. The molecule has 2 N–H and O–H groups in total. The summed E-state index contributed by atoms with van der Waals surface area (Å²) in [5.41, 5.74) is -0.0769. The quantitative estimate of drug-likeness (QED) is 0.609. The first kappa shape index (κ1) is 15.8. The van der Waals surface area contributed by atoms with Crippen LogP contribution in [0, 0.1) is 15.5 Å². The summed E-state index contributed by atoms with van der Waals surface area (Å²) in [5.74, 6) is -0.376. The van der Waals surface area contributed by atoms with Crippen LogP contribution < -0.4 is 10.0 Å². The molecule has 0 unspecified atom stereocenters. The number of hydrogen-bond donors (Lipinski definition) is 2. The minimum absolute atomic E-state index is 0.0642. The standard InChI is InChI=1S/C12H18N4O4S/c1-12(4-6-13-7-5-12)9-15-21(19,20)10-2-3-11(14-8-10)16(17)18/h2-3,8,13,15H,4-7,9H2,1H3. The van der Waals surface area contributed by atoms with Crippen molar-refractivity contribution in [2.45, 2.75) is 24.7 Å². The maximum Gasteiger partial charge on any atom is 0.363 e. The van der Waals surface area contributed by atoms with Crippen LogP contribution in [-0.2, 0) is 10.0 Å². The molecule has 21 heavy (non-hydrogen) atoms. The molecule has 9 heteroatoms. The Morgan fingerprint density at radius 1 is 1.43 bits per heavy atom. The molecule has 0 atom stereocenters. The highest BCUT2D eigenvalue weighted by Gasteiger charge is 2.29. The van der Waals surface area contributed by atoms with Crippen LogP contribution in [0.3, 0.4) is 0 Å². The molecule has 1 aromatic rings. The molecule has 116 valence electrons. The van der Waals surface area contributed by atoms with Gasteiger partial charge in [-0.1, -0.05) is 6.92 Å². The van der Waals surface area contributed by atoms with E-state index in [0.29, 0.717) is 6.54 Å². The molecule has 1 aliphatic rings. The maximum atomic E-state index is 12.2. The first-order valence-corrected chi connectivity index (χ1v) is 8.12. The van der Waals surface area contributed by atoms with Gasteiger partial charge >= 0.3 is 5.82 Å². The number of hydrogen-bond acceptors (Lipinski definition) is 6. The van der Waals surface area contributed by atoms with Crippen LogP contribution in [0.1, 0.15) is 19.8 Å². The van der Waals surface area contributed by atoms with Gasteiger partial charge in [-0.05, 0) is 47.3 Å². The summed E-state index contributed by atoms with van der Waals surface area (Å²) in [6, 6.07) is 2.28. The molecule has 0 radical (unpaired) electrons. The van der Waals surface area contributed by atoms with Crippen LogP contribution in [0.2, 0.25) is 0 Å². The van der Waals surface area contributed by atoms with Crippen LogP contribution >= 0.6 is 0 Å². The van der Waals surface area contributed by atoms with Crippen LogP contribution in [0.25, 0.3) is 0 Å². The van der Waals surface area contributed by atoms with Crippen LogP contribution in [-0.4, -0.2) is 38.0 Å². The van der Waals surface area contributed by atoms with Gasteiger partial charge in [-0.2, -0.15) is 0 Å². The second-order valence-electron chi connectivity index (χ2n) is 5.49. The molecule has 0 saturated carbocycles. The molecular formula is C12H18N4O4S. The SMILES string of the molecule is CC1(CNS(=O)(=O)c2ccc([N+](=O)[O-])nc2)CCNCC1. The van der Waals surface area contributed by atoms with E-state index in [9.17, 15) is 18.5 Å². The molecule has 0 aromatic carbocycles. The topological polar surface area (TPSA) is 114 Å². The van der Waals surface area contributed by atoms with Gasteiger partial charge in [0.2, 0.25) is 10.0 Å². The zero-order valence-electron chi connectivity index (χ0n) is 11.7. The Kier molecular flexibility index (Phi) is 4.55. The van der Waals surface area contributed by atoms with Crippen molar-refractivity contribution in [3.8, 4) is 0 Å². The largest absolute Gasteiger partial charge is 0.363 e. The van der Waals surface area contributed by atoms with E-state index >= 15 is 0 Å². The van der Waals surface area contributed by atoms with Crippen LogP contribution in [0.15, 0.2) is 23.2 Å². The van der Waals surface area contributed by atoms with Gasteiger partial charge in [0.1, 0.15) is 4.90 Å². The van der Waals surface area contributed by atoms with E-state index in [1.165, 1.54) is 6.07 Å². The van der Waals surface area contributed by atoms with Crippen molar-refractivity contribution in [2.24, 2.45) is 5.41 Å². The van der Waals surface area contributed by atoms with Gasteiger partial charge in [-0.15, -0.1) is 0 Å². The van der Waals surface area contributed by atoms with E-state index in [1.807, 2.05) is 6.92 Å². The lowest BCUT2D eigenvalue weighted by Crippen LogP contribution is -2.42. The normalized spacial score (nSPS) is 18.3. The van der Waals surface area contributed by atoms with Gasteiger partial charge in [0.25, 0.3) is 0 Å². The molecular weight excluding hydrogens is 296 g/mol. The third-order valence-corrected chi connectivity index (χ3v) is 5.10. The van der Waals surface area contributed by atoms with Gasteiger partial charge in [-0.3, -0.25) is 0 Å². The molecule has 8 nitrogen and oxygen atoms in total. The fourth-order valence-electron chi connectivity index (χ4n) is 2.20. The predicted octanol–water partition coefficient (Wildman–Crippen LogP) is 0.658. The molecule has 0 amide bonds. The van der Waals surface area contributed by atoms with E-state index in [-0.39, 0.29) is 16.1 Å². The Hall–Kier alpha value is -1.58. The summed E-state index contributed by atoms with van der Waals surface area (Å²) in [6.07, 6.45) is 2.80. The lowest BCUT2D eigenvalue weighted by Gasteiger charge is -2.33. The smallest absolute Gasteiger partial charge is 0.358 e. The summed E-state index contributed by atoms with van der Waals surface area (Å²) >= 11 is 0. The molecule has 0 bridgehead atoms. The van der Waals surface area contributed by atoms with Gasteiger partial charge in [0.15, 0.2) is 6.20 Å². The van der Waals surface area contributed by atoms with Gasteiger partial charge in [0, 0.05) is 12.6 Å². The molecule has 2 heterocycles. The average Bonchev–Trinajstić information content (AvgIpc) is 2.46. The van der Waals surface area contributed by atoms with Crippen molar-refractivity contribution in [1.29, 1.82) is 0 Å². The van der Waals surface area contributed by atoms with E-state index in [1.54, 1.807) is 0 Å². The Morgan fingerprint density at radius 3 is 2.62 bits per heavy atom. The highest BCUT2D eigenvalue weighted by Crippen LogP contribution is 2.27. The van der Waals surface area contributed by atoms with Gasteiger partial charge in [-0.25, -0.2) is 13.1 Å². The minimum atomic E-state index is -3.70. The molecule has 1 saturated heterocycles. The van der Waals surface area contributed by atoms with E-state index in [0.717, 1.165) is 38.2 Å². The molecule has 1 aliphatic heterocycles. The average molecular weight is 314 g/mol. The Bertz CT molecular complexity index is 609. The number of nitrogens with one attached hydrogen (secondary N) is 2. The lowest BCUT2D eigenvalue weighted by atomic mass is 9.81. The first-order valence-electron chi connectivity index (χ1n) is 6.63. The second-order valence-corrected chi connectivity index (χ2v) is 7.26. The van der Waals surface area contributed by atoms with Crippen molar-refractivity contribution in [3.63, 3.8) is 0 Å². The third-order valence-electron chi connectivity index (χ3n) is 3.72. The van der Waals surface area contributed by atoms with Crippen molar-refractivity contribution >= 4 is 15.8 Å². The Balaban J connectivity index is 2.05. The van der Waals surface area contributed by atoms with E-state index in [2.05, 4.69) is 15.0 Å². The summed E-state index contributed by atoms with van der Waals surface area (Å²) in [5, 5.41) is 13.7. The third kappa shape index (κ3) is 3.96. The number of nitro groups is 1. The predicted molar refractivity (Wildman–Crippen MR) is 76.3 cm³/mol. The van der Waals surface area contributed by atoms with Crippen molar-refractivity contribution in [2.75, 3.05) is 19.6 Å². The summed E-state index contributed by atoms with van der Waals surface area (Å²) in [7, 11) is -3.70. The number of nitrogens with zero attached hydrogens (tertiary/aromatic N) is 2. The number of aromatic nitrogens is 1. The number of sulfonamides is 1. The van der Waals surface area contributed by atoms with Crippen molar-refractivity contribution < 1.29 is 13.3 Å². The Morgan fingerprint density at radius 2 is 2.10 bits per heavy atom. The molecule has 1 aromatic heterocycles. The maximum absolute atomic E-state index is 12.2. The zero-order valence-corrected chi connectivity index (χ0v) is 12.5.